The maximum atomic E-state index is 12.3. The van der Waals surface area contributed by atoms with Crippen molar-refractivity contribution in [1.29, 1.82) is 0 Å². The molecular weight excluding hydrogens is 489 g/mol. The van der Waals surface area contributed by atoms with Crippen molar-refractivity contribution >= 4 is 47.9 Å². The van der Waals surface area contributed by atoms with E-state index in [4.69, 9.17) is 22.1 Å². The molecule has 32 heavy (non-hydrogen) atoms. The van der Waals surface area contributed by atoms with E-state index in [0.717, 1.165) is 6.29 Å². The van der Waals surface area contributed by atoms with Crippen molar-refractivity contribution in [3.05, 3.63) is 0 Å². The van der Waals surface area contributed by atoms with Crippen LogP contribution in [0.4, 0.5) is 0 Å². The standard InChI is InChI=1S/C21H52O6Si5/c1-28(2,3)23-17-19(25-30(7,8)9)21(27-32(13,14)15)20(26-31(10,11)12)18(16-22)24-29(4,5)6/h16,18-21H,17H2,1-15H3/t18-,19-,20-,21-/m1/s1. The van der Waals surface area contributed by atoms with Gasteiger partial charge in [0.05, 0.1) is 18.8 Å². The van der Waals surface area contributed by atoms with Gasteiger partial charge in [-0.25, -0.2) is 0 Å². The zero-order valence-corrected chi connectivity index (χ0v) is 28.5. The van der Waals surface area contributed by atoms with E-state index >= 15 is 0 Å². The Morgan fingerprint density at radius 2 is 0.906 bits per heavy atom. The molecule has 0 unspecified atom stereocenters. The second kappa shape index (κ2) is 12.0. The highest BCUT2D eigenvalue weighted by molar-refractivity contribution is 6.71. The second-order valence-corrected chi connectivity index (χ2v) is 35.8. The van der Waals surface area contributed by atoms with Gasteiger partial charge in [-0.2, -0.15) is 0 Å². The van der Waals surface area contributed by atoms with Crippen molar-refractivity contribution in [2.24, 2.45) is 0 Å². The summed E-state index contributed by atoms with van der Waals surface area (Å²) in [4.78, 5) is 12.3. The molecule has 11 heteroatoms. The molecule has 192 valence electrons. The van der Waals surface area contributed by atoms with Crippen molar-refractivity contribution in [1.82, 2.24) is 0 Å². The molecule has 0 bridgehead atoms. The Morgan fingerprint density at radius 3 is 1.22 bits per heavy atom. The van der Waals surface area contributed by atoms with Gasteiger partial charge in [-0.05, 0) is 98.2 Å². The molecular formula is C21H52O6Si5. The van der Waals surface area contributed by atoms with Gasteiger partial charge in [0.25, 0.3) is 0 Å². The molecule has 0 N–H and O–H groups in total. The predicted octanol–water partition coefficient (Wildman–Crippen LogP) is 5.92. The molecule has 0 aromatic carbocycles. The second-order valence-electron chi connectivity index (χ2n) is 13.4. The highest BCUT2D eigenvalue weighted by Gasteiger charge is 2.45. The van der Waals surface area contributed by atoms with Crippen molar-refractivity contribution in [2.75, 3.05) is 6.61 Å². The first-order valence-electron chi connectivity index (χ1n) is 11.7. The van der Waals surface area contributed by atoms with Crippen LogP contribution in [0.1, 0.15) is 0 Å². The summed E-state index contributed by atoms with van der Waals surface area (Å²) in [5.74, 6) is 0. The molecule has 4 atom stereocenters. The minimum atomic E-state index is -2.04. The van der Waals surface area contributed by atoms with Crippen molar-refractivity contribution in [3.8, 4) is 0 Å². The third-order valence-electron chi connectivity index (χ3n) is 3.80. The summed E-state index contributed by atoms with van der Waals surface area (Å²) in [5.41, 5.74) is 0. The molecule has 0 radical (unpaired) electrons. The van der Waals surface area contributed by atoms with Crippen LogP contribution in [0.5, 0.6) is 0 Å². The lowest BCUT2D eigenvalue weighted by Gasteiger charge is -2.44. The van der Waals surface area contributed by atoms with Gasteiger partial charge in [0, 0.05) is 0 Å². The summed E-state index contributed by atoms with van der Waals surface area (Å²) in [5, 5.41) is 0. The van der Waals surface area contributed by atoms with E-state index in [1.54, 1.807) is 0 Å². The number of carbonyl (C=O) groups excluding carboxylic acids is 1. The molecule has 0 heterocycles. The van der Waals surface area contributed by atoms with Crippen LogP contribution in [0.25, 0.3) is 0 Å². The normalized spacial score (nSPS) is 18.2. The van der Waals surface area contributed by atoms with Crippen molar-refractivity contribution in [3.63, 3.8) is 0 Å². The quantitative estimate of drug-likeness (QED) is 0.190. The Balaban J connectivity index is 6.51. The summed E-state index contributed by atoms with van der Waals surface area (Å²) in [6.07, 6.45) is -1.11. The number of hydrogen-bond donors (Lipinski definition) is 0. The maximum Gasteiger partial charge on any atom is 0.184 e. The molecule has 0 amide bonds. The van der Waals surface area contributed by atoms with E-state index in [2.05, 4.69) is 98.2 Å². The first kappa shape index (κ1) is 32.6. The molecule has 0 spiro atoms. The summed E-state index contributed by atoms with van der Waals surface area (Å²) < 4.78 is 32.8. The molecule has 0 rings (SSSR count). The summed E-state index contributed by atoms with van der Waals surface area (Å²) in [6.45, 7) is 32.6. The Morgan fingerprint density at radius 1 is 0.531 bits per heavy atom. The SMILES string of the molecule is C[Si](C)(C)OC[C@@H](O[Si](C)(C)C)[C@@H](O[Si](C)(C)C)[C@H](O[Si](C)(C)C)[C@@H](C=O)O[Si](C)(C)C. The average molecular weight is 541 g/mol. The first-order chi connectivity index (χ1) is 13.9. The molecule has 0 aliphatic carbocycles. The van der Waals surface area contributed by atoms with Gasteiger partial charge in [0.2, 0.25) is 0 Å². The topological polar surface area (TPSA) is 63.2 Å². The Bertz CT molecular complexity index is 570. The van der Waals surface area contributed by atoms with E-state index in [0.29, 0.717) is 6.61 Å². The molecule has 0 aliphatic heterocycles. The Hall–Kier alpha value is 0.554. The molecule has 0 aliphatic rings. The minimum Gasteiger partial charge on any atom is -0.415 e. The van der Waals surface area contributed by atoms with E-state index in [1.165, 1.54) is 0 Å². The van der Waals surface area contributed by atoms with Crippen LogP contribution in [0.15, 0.2) is 0 Å². The molecule has 0 aromatic heterocycles. The monoisotopic (exact) mass is 540 g/mol. The molecule has 0 saturated carbocycles. The van der Waals surface area contributed by atoms with E-state index in [9.17, 15) is 4.79 Å². The van der Waals surface area contributed by atoms with Gasteiger partial charge < -0.3 is 26.9 Å². The highest BCUT2D eigenvalue weighted by atomic mass is 28.4. The molecule has 0 saturated heterocycles. The number of rotatable bonds is 15. The summed E-state index contributed by atoms with van der Waals surface area (Å²) in [6, 6.07) is 0. The lowest BCUT2D eigenvalue weighted by atomic mass is 10.0. The Kier molecular flexibility index (Phi) is 12.2. The Labute approximate surface area is 203 Å². The van der Waals surface area contributed by atoms with Gasteiger partial charge in [0.1, 0.15) is 18.5 Å². The van der Waals surface area contributed by atoms with Gasteiger partial charge in [-0.1, -0.05) is 0 Å². The fourth-order valence-corrected chi connectivity index (χ4v) is 8.02. The van der Waals surface area contributed by atoms with Crippen LogP contribution < -0.4 is 0 Å². The van der Waals surface area contributed by atoms with Crippen LogP contribution in [-0.4, -0.2) is 78.9 Å². The summed E-state index contributed by atoms with van der Waals surface area (Å²) >= 11 is 0. The van der Waals surface area contributed by atoms with Crippen LogP contribution in [0.2, 0.25) is 98.2 Å². The van der Waals surface area contributed by atoms with Gasteiger partial charge in [0.15, 0.2) is 41.6 Å². The van der Waals surface area contributed by atoms with Crippen molar-refractivity contribution in [2.45, 2.75) is 123 Å². The summed E-state index contributed by atoms with van der Waals surface area (Å²) in [7, 11) is -9.81. The van der Waals surface area contributed by atoms with Crippen LogP contribution in [0, 0.1) is 0 Å². The first-order valence-corrected chi connectivity index (χ1v) is 28.8. The third-order valence-corrected chi connectivity index (χ3v) is 8.78. The van der Waals surface area contributed by atoms with Crippen LogP contribution in [-0.2, 0) is 26.9 Å². The number of hydrogen-bond acceptors (Lipinski definition) is 6. The largest absolute Gasteiger partial charge is 0.415 e. The van der Waals surface area contributed by atoms with Gasteiger partial charge in [-0.3, -0.25) is 0 Å². The minimum absolute atomic E-state index is 0.325. The molecule has 0 fully saturated rings. The van der Waals surface area contributed by atoms with Crippen LogP contribution >= 0.6 is 0 Å². The predicted molar refractivity (Wildman–Crippen MR) is 148 cm³/mol. The third kappa shape index (κ3) is 16.2. The number of carbonyl (C=O) groups is 1. The van der Waals surface area contributed by atoms with E-state index < -0.39 is 59.9 Å². The molecule has 6 nitrogen and oxygen atoms in total. The zero-order chi connectivity index (χ0) is 25.8. The van der Waals surface area contributed by atoms with Crippen LogP contribution in [0.3, 0.4) is 0 Å². The van der Waals surface area contributed by atoms with Crippen molar-refractivity contribution < 1.29 is 26.9 Å². The zero-order valence-electron chi connectivity index (χ0n) is 23.5. The lowest BCUT2D eigenvalue weighted by Crippen LogP contribution is -2.59. The number of aldehydes is 1. The maximum absolute atomic E-state index is 12.3. The fourth-order valence-electron chi connectivity index (χ4n) is 3.05. The van der Waals surface area contributed by atoms with E-state index in [1.807, 2.05) is 0 Å². The fraction of sp³-hybridized carbons (Fsp3) is 0.952. The van der Waals surface area contributed by atoms with Gasteiger partial charge in [-0.15, -0.1) is 0 Å². The highest BCUT2D eigenvalue weighted by Crippen LogP contribution is 2.28. The van der Waals surface area contributed by atoms with Gasteiger partial charge >= 0.3 is 0 Å². The smallest absolute Gasteiger partial charge is 0.184 e. The average Bonchev–Trinajstić information content (AvgIpc) is 2.48. The molecule has 0 aromatic rings. The lowest BCUT2D eigenvalue weighted by molar-refractivity contribution is -0.127. The van der Waals surface area contributed by atoms with E-state index in [-0.39, 0.29) is 6.10 Å².